The van der Waals surface area contributed by atoms with Crippen LogP contribution in [0.1, 0.15) is 61.0 Å². The van der Waals surface area contributed by atoms with Gasteiger partial charge in [0.1, 0.15) is 11.2 Å². The monoisotopic (exact) mass is 1370 g/mol. The molecule has 0 unspecified atom stereocenters. The molecule has 522 valence electrons. The zero-order valence-corrected chi connectivity index (χ0v) is 64.1. The Bertz CT molecular complexity index is 5660. The quantitative estimate of drug-likeness (QED) is 0.152. The van der Waals surface area contributed by atoms with E-state index in [1.165, 1.54) is 146 Å². The van der Waals surface area contributed by atoms with E-state index in [9.17, 15) is 0 Å². The maximum absolute atomic E-state index is 5.65. The number of nitrogens with zero attached hydrogens (tertiary/aromatic N) is 6. The molecular formula is C95H100N6OS. The molecule has 13 aromatic carbocycles. The van der Waals surface area contributed by atoms with Crippen molar-refractivity contribution >= 4 is 162 Å². The molecule has 7 nitrogen and oxygen atoms in total. The summed E-state index contributed by atoms with van der Waals surface area (Å²) in [5.74, 6) is 0. The summed E-state index contributed by atoms with van der Waals surface area (Å²) >= 11 is 1.86. The van der Waals surface area contributed by atoms with Crippen molar-refractivity contribution in [1.82, 2.24) is 27.7 Å². The van der Waals surface area contributed by atoms with Crippen LogP contribution in [-0.4, -0.2) is 48.9 Å². The van der Waals surface area contributed by atoms with Gasteiger partial charge in [0.25, 0.3) is 0 Å². The van der Waals surface area contributed by atoms with Gasteiger partial charge in [-0.15, -0.1) is 11.3 Å². The Morgan fingerprint density at radius 2 is 0.437 bits per heavy atom. The first kappa shape index (κ1) is 74.5. The maximum atomic E-state index is 5.65. The summed E-state index contributed by atoms with van der Waals surface area (Å²) in [5.41, 5.74) is 16.2. The Morgan fingerprint density at radius 1 is 0.223 bits per heavy atom. The second kappa shape index (κ2) is 34.9. The van der Waals surface area contributed by atoms with Gasteiger partial charge in [-0.05, 0) is 113 Å². The molecular weight excluding hydrogens is 1270 g/mol. The van der Waals surface area contributed by atoms with E-state index in [-0.39, 0.29) is 0 Å². The van der Waals surface area contributed by atoms with E-state index >= 15 is 0 Å². The normalized spacial score (nSPS) is 10.7. The first-order valence-corrected chi connectivity index (χ1v) is 37.2. The van der Waals surface area contributed by atoms with Crippen molar-refractivity contribution in [2.75, 3.05) is 21.1 Å². The summed E-state index contributed by atoms with van der Waals surface area (Å²) in [4.78, 5) is 2.00. The van der Waals surface area contributed by atoms with Crippen molar-refractivity contribution in [3.05, 3.63) is 303 Å². The number of aromatic nitrogens is 5. The molecule has 0 radical (unpaired) electrons. The molecule has 7 heterocycles. The number of benzene rings is 13. The van der Waals surface area contributed by atoms with Gasteiger partial charge < -0.3 is 32.2 Å². The Morgan fingerprint density at radius 3 is 0.728 bits per heavy atom. The Hall–Kier alpha value is -11.2. The highest BCUT2D eigenvalue weighted by molar-refractivity contribution is 7.25. The summed E-state index contributed by atoms with van der Waals surface area (Å²) < 4.78 is 19.8. The third-order valence-electron chi connectivity index (χ3n) is 18.2. The SMILES string of the molecule is CC.CC.CC.CC.CN(C)C.Cc1ccccc1.Cn1c2ccccc2c2cc3c(cc21)c1ccccc1n3C.Cn1c2ccccc2c2cc3c4ccccc4n(C)c3cc21.Cn1c2ccccc2c2ccccc21.c1ccc2c(c1)oc1ccccc12.c1ccc2c(c1)sc1ccccc12. The van der Waals surface area contributed by atoms with Gasteiger partial charge in [0, 0.05) is 164 Å². The third kappa shape index (κ3) is 15.5. The van der Waals surface area contributed by atoms with E-state index in [2.05, 4.69) is 308 Å². The zero-order valence-electron chi connectivity index (χ0n) is 63.3. The number of furan rings is 1. The molecule has 0 bridgehead atoms. The molecule has 20 aromatic rings. The number of fused-ring (bicyclic) bond motifs is 21. The van der Waals surface area contributed by atoms with Crippen molar-refractivity contribution in [2.24, 2.45) is 35.2 Å². The Labute approximate surface area is 612 Å². The average Bonchev–Trinajstić information content (AvgIpc) is 1.51. The molecule has 0 aliphatic heterocycles. The number of hydrogen-bond acceptors (Lipinski definition) is 3. The molecule has 0 atom stereocenters. The van der Waals surface area contributed by atoms with Crippen molar-refractivity contribution in [3.63, 3.8) is 0 Å². The Kier molecular flexibility index (Phi) is 25.3. The standard InChI is InChI=1S/2C20H16N2.C13H11N.C12H8O.C12H8S.C7H8.C3H9N.4C2H6/c1-21-17-9-5-3-7-13(17)15-12-20-16(11-19(15)21)14-8-4-6-10-18(14)22(20)2;1-21-17-9-5-3-7-13(17)15-11-16-14-8-4-6-10-18(14)22(2)20(16)12-19(15)21;1-14-12-8-4-2-6-10(12)11-7-3-5-9-13(11)14;2*1-3-7-11-9(5-1)10-6-2-4-8-12(10)13-11;1-7-5-3-2-4-6-7;1-4(2)3;4*1-2/h2*3-12H,1-2H3;2-9H,1H3;2*1-8H;2-6H,1H3;1-3H3;4*1-2H3. The first-order chi connectivity index (χ1) is 50.4. The molecule has 0 aliphatic rings. The third-order valence-corrected chi connectivity index (χ3v) is 19.4. The summed E-state index contributed by atoms with van der Waals surface area (Å²) in [6, 6.07) is 105. The number of para-hydroxylation sites is 8. The molecule has 8 heteroatoms. The highest BCUT2D eigenvalue weighted by Crippen LogP contribution is 2.39. The predicted octanol–water partition coefficient (Wildman–Crippen LogP) is 27.2. The number of hydrogen-bond donors (Lipinski definition) is 0. The van der Waals surface area contributed by atoms with Crippen LogP contribution in [0.2, 0.25) is 0 Å². The van der Waals surface area contributed by atoms with Gasteiger partial charge in [0.05, 0.1) is 11.0 Å². The largest absolute Gasteiger partial charge is 0.456 e. The minimum absolute atomic E-state index is 0.962. The van der Waals surface area contributed by atoms with Crippen LogP contribution in [0.4, 0.5) is 0 Å². The van der Waals surface area contributed by atoms with Crippen LogP contribution in [0.3, 0.4) is 0 Å². The molecule has 0 fully saturated rings. The van der Waals surface area contributed by atoms with Crippen molar-refractivity contribution in [1.29, 1.82) is 0 Å². The van der Waals surface area contributed by atoms with Gasteiger partial charge in [0.2, 0.25) is 0 Å². The Balaban J connectivity index is 0.000000132. The van der Waals surface area contributed by atoms with Gasteiger partial charge in [-0.1, -0.05) is 273 Å². The van der Waals surface area contributed by atoms with Gasteiger partial charge in [-0.25, -0.2) is 0 Å². The van der Waals surface area contributed by atoms with Crippen LogP contribution in [0.15, 0.2) is 302 Å². The molecule has 0 amide bonds. The maximum Gasteiger partial charge on any atom is 0.135 e. The molecule has 20 rings (SSSR count). The lowest BCUT2D eigenvalue weighted by molar-refractivity contribution is 0.505. The summed E-state index contributed by atoms with van der Waals surface area (Å²) in [6.07, 6.45) is 0. The van der Waals surface area contributed by atoms with Crippen LogP contribution in [-0.2, 0) is 35.2 Å². The van der Waals surface area contributed by atoms with Gasteiger partial charge in [-0.3, -0.25) is 0 Å². The van der Waals surface area contributed by atoms with Crippen molar-refractivity contribution in [2.45, 2.75) is 62.3 Å². The van der Waals surface area contributed by atoms with Crippen LogP contribution < -0.4 is 0 Å². The van der Waals surface area contributed by atoms with E-state index in [0.29, 0.717) is 0 Å². The second-order valence-electron chi connectivity index (χ2n) is 24.9. The van der Waals surface area contributed by atoms with Gasteiger partial charge in [0.15, 0.2) is 0 Å². The topological polar surface area (TPSA) is 41.0 Å². The molecule has 0 saturated carbocycles. The van der Waals surface area contributed by atoms with Crippen LogP contribution >= 0.6 is 11.3 Å². The van der Waals surface area contributed by atoms with Crippen LogP contribution in [0, 0.1) is 6.92 Å². The van der Waals surface area contributed by atoms with Gasteiger partial charge in [-0.2, -0.15) is 0 Å². The first-order valence-electron chi connectivity index (χ1n) is 36.4. The fourth-order valence-corrected chi connectivity index (χ4v) is 14.7. The fraction of sp³-hybridized carbons (Fsp3) is 0.179. The molecule has 0 aliphatic carbocycles. The molecule has 0 spiro atoms. The van der Waals surface area contributed by atoms with E-state index in [4.69, 9.17) is 4.42 Å². The lowest BCUT2D eigenvalue weighted by Crippen LogP contribution is -1.99. The minimum Gasteiger partial charge on any atom is -0.456 e. The number of thiophene rings is 1. The molecule has 0 saturated heterocycles. The fourth-order valence-electron chi connectivity index (χ4n) is 13.6. The average molecular weight is 1370 g/mol. The van der Waals surface area contributed by atoms with Crippen LogP contribution in [0.25, 0.3) is 151 Å². The molecule has 7 aromatic heterocycles. The van der Waals surface area contributed by atoms with E-state index in [1.807, 2.05) is 147 Å². The van der Waals surface area contributed by atoms with E-state index in [1.54, 1.807) is 0 Å². The highest BCUT2D eigenvalue weighted by Gasteiger charge is 2.16. The molecule has 0 N–H and O–H groups in total. The summed E-state index contributed by atoms with van der Waals surface area (Å²) in [6.45, 7) is 18.1. The highest BCUT2D eigenvalue weighted by atomic mass is 32.1. The number of aryl methyl sites for hydroxylation is 6. The minimum atomic E-state index is 0.962. The predicted molar refractivity (Wildman–Crippen MR) is 458 cm³/mol. The molecule has 103 heavy (non-hydrogen) atoms. The van der Waals surface area contributed by atoms with Crippen molar-refractivity contribution < 1.29 is 4.42 Å². The van der Waals surface area contributed by atoms with E-state index in [0.717, 1.165) is 11.2 Å². The summed E-state index contributed by atoms with van der Waals surface area (Å²) in [7, 11) is 16.7. The van der Waals surface area contributed by atoms with Crippen LogP contribution in [0.5, 0.6) is 0 Å². The lowest BCUT2D eigenvalue weighted by Gasteiger charge is -2.00. The second-order valence-corrected chi connectivity index (χ2v) is 25.9. The zero-order chi connectivity index (χ0) is 73.3. The lowest BCUT2D eigenvalue weighted by atomic mass is 10.1. The number of rotatable bonds is 0. The smallest absolute Gasteiger partial charge is 0.135 e. The van der Waals surface area contributed by atoms with Gasteiger partial charge >= 0.3 is 0 Å². The van der Waals surface area contributed by atoms with Crippen molar-refractivity contribution in [3.8, 4) is 0 Å². The van der Waals surface area contributed by atoms with E-state index < -0.39 is 0 Å². The summed E-state index contributed by atoms with van der Waals surface area (Å²) in [5, 5.41) is 18.5.